The molecule has 2 heterocycles. The van der Waals surface area contributed by atoms with Crippen molar-refractivity contribution in [2.75, 3.05) is 0 Å². The highest BCUT2D eigenvalue weighted by atomic mass is 19.1. The number of carbonyl (C=O) groups excluding carboxylic acids is 1. The Morgan fingerprint density at radius 2 is 2.17 bits per heavy atom. The van der Waals surface area contributed by atoms with E-state index in [0.29, 0.717) is 23.1 Å². The molecule has 0 aliphatic carbocycles. The van der Waals surface area contributed by atoms with Crippen LogP contribution in [-0.4, -0.2) is 21.7 Å². The van der Waals surface area contributed by atoms with Crippen LogP contribution >= 0.6 is 0 Å². The molecule has 1 aromatic carbocycles. The second kappa shape index (κ2) is 5.87. The molecule has 0 radical (unpaired) electrons. The number of halogens is 1. The van der Waals surface area contributed by atoms with Gasteiger partial charge in [-0.2, -0.15) is 5.10 Å². The van der Waals surface area contributed by atoms with Crippen molar-refractivity contribution in [3.8, 4) is 0 Å². The van der Waals surface area contributed by atoms with Crippen molar-refractivity contribution in [1.82, 2.24) is 15.1 Å². The van der Waals surface area contributed by atoms with Gasteiger partial charge < -0.3 is 9.73 Å². The molecule has 1 N–H and O–H groups in total. The van der Waals surface area contributed by atoms with Gasteiger partial charge in [0.25, 0.3) is 5.91 Å². The second-order valence-corrected chi connectivity index (χ2v) is 5.75. The van der Waals surface area contributed by atoms with Crippen LogP contribution in [0.25, 0.3) is 11.0 Å². The molecular formula is C17H18FN3O2. The predicted octanol–water partition coefficient (Wildman–Crippen LogP) is 3.20. The molecule has 0 spiro atoms. The van der Waals surface area contributed by atoms with Crippen LogP contribution in [0.15, 0.2) is 34.9 Å². The van der Waals surface area contributed by atoms with Crippen molar-refractivity contribution < 1.29 is 13.6 Å². The van der Waals surface area contributed by atoms with Crippen LogP contribution < -0.4 is 5.32 Å². The standard InChI is InChI=1S/C17H18FN3O2/c1-10-6-7-21(20-10)9-11(2)19-17(22)16-12(3)14-8-13(18)4-5-15(14)23-16/h4-8,11H,9H2,1-3H3,(H,19,22). The monoisotopic (exact) mass is 315 g/mol. The van der Waals surface area contributed by atoms with Gasteiger partial charge in [-0.3, -0.25) is 9.48 Å². The van der Waals surface area contributed by atoms with E-state index in [0.717, 1.165) is 5.69 Å². The highest BCUT2D eigenvalue weighted by Crippen LogP contribution is 2.25. The Labute approximate surface area is 133 Å². The van der Waals surface area contributed by atoms with E-state index in [1.54, 1.807) is 11.6 Å². The number of amides is 1. The predicted molar refractivity (Wildman–Crippen MR) is 84.8 cm³/mol. The summed E-state index contributed by atoms with van der Waals surface area (Å²) in [7, 11) is 0. The van der Waals surface area contributed by atoms with Gasteiger partial charge in [0.2, 0.25) is 0 Å². The molecule has 0 bridgehead atoms. The van der Waals surface area contributed by atoms with Gasteiger partial charge in [0, 0.05) is 23.2 Å². The van der Waals surface area contributed by atoms with Crippen molar-refractivity contribution in [1.29, 1.82) is 0 Å². The number of hydrogen-bond donors (Lipinski definition) is 1. The Morgan fingerprint density at radius 3 is 2.87 bits per heavy atom. The lowest BCUT2D eigenvalue weighted by Gasteiger charge is -2.13. The molecule has 6 heteroatoms. The van der Waals surface area contributed by atoms with Gasteiger partial charge in [-0.15, -0.1) is 0 Å². The molecule has 0 saturated carbocycles. The van der Waals surface area contributed by atoms with E-state index in [1.807, 2.05) is 26.1 Å². The van der Waals surface area contributed by atoms with Crippen LogP contribution in [0.5, 0.6) is 0 Å². The molecule has 120 valence electrons. The summed E-state index contributed by atoms with van der Waals surface area (Å²) < 4.78 is 20.7. The van der Waals surface area contributed by atoms with Crippen LogP contribution in [0.2, 0.25) is 0 Å². The molecule has 0 saturated heterocycles. The van der Waals surface area contributed by atoms with Crippen molar-refractivity contribution in [3.05, 3.63) is 53.3 Å². The molecule has 0 aliphatic heterocycles. The Morgan fingerprint density at radius 1 is 1.39 bits per heavy atom. The number of carbonyl (C=O) groups is 1. The maximum Gasteiger partial charge on any atom is 0.287 e. The van der Waals surface area contributed by atoms with Crippen molar-refractivity contribution >= 4 is 16.9 Å². The molecule has 3 rings (SSSR count). The third-order valence-electron chi connectivity index (χ3n) is 3.72. The highest BCUT2D eigenvalue weighted by molar-refractivity contribution is 5.99. The third-order valence-corrected chi connectivity index (χ3v) is 3.72. The number of rotatable bonds is 4. The van der Waals surface area contributed by atoms with E-state index in [-0.39, 0.29) is 23.5 Å². The Kier molecular flexibility index (Phi) is 3.90. The van der Waals surface area contributed by atoms with E-state index < -0.39 is 0 Å². The first-order valence-corrected chi connectivity index (χ1v) is 7.43. The maximum absolute atomic E-state index is 13.3. The summed E-state index contributed by atoms with van der Waals surface area (Å²) in [5.74, 6) is -0.444. The summed E-state index contributed by atoms with van der Waals surface area (Å²) in [4.78, 5) is 12.4. The minimum Gasteiger partial charge on any atom is -0.451 e. The number of fused-ring (bicyclic) bond motifs is 1. The summed E-state index contributed by atoms with van der Waals surface area (Å²) >= 11 is 0. The first-order chi connectivity index (χ1) is 10.9. The quantitative estimate of drug-likeness (QED) is 0.804. The highest BCUT2D eigenvalue weighted by Gasteiger charge is 2.19. The number of nitrogens with zero attached hydrogens (tertiary/aromatic N) is 2. The number of furan rings is 1. The average molecular weight is 315 g/mol. The fourth-order valence-electron chi connectivity index (χ4n) is 2.59. The van der Waals surface area contributed by atoms with Crippen LogP contribution in [0.1, 0.15) is 28.7 Å². The lowest BCUT2D eigenvalue weighted by molar-refractivity contribution is 0.0909. The molecule has 1 amide bonds. The van der Waals surface area contributed by atoms with Crippen molar-refractivity contribution in [2.24, 2.45) is 0 Å². The van der Waals surface area contributed by atoms with Crippen molar-refractivity contribution in [2.45, 2.75) is 33.4 Å². The minimum atomic E-state index is -0.351. The number of nitrogens with one attached hydrogen (secondary N) is 1. The van der Waals surface area contributed by atoms with Gasteiger partial charge in [0.1, 0.15) is 11.4 Å². The maximum atomic E-state index is 13.3. The lowest BCUT2D eigenvalue weighted by atomic mass is 10.1. The van der Waals surface area contributed by atoms with Crippen LogP contribution in [-0.2, 0) is 6.54 Å². The summed E-state index contributed by atoms with van der Waals surface area (Å²) in [6, 6.07) is 6.01. The summed E-state index contributed by atoms with van der Waals surface area (Å²) in [6.45, 7) is 6.12. The molecule has 23 heavy (non-hydrogen) atoms. The second-order valence-electron chi connectivity index (χ2n) is 5.75. The van der Waals surface area contributed by atoms with E-state index in [2.05, 4.69) is 10.4 Å². The fraction of sp³-hybridized carbons (Fsp3) is 0.294. The zero-order valence-electron chi connectivity index (χ0n) is 13.3. The zero-order valence-corrected chi connectivity index (χ0v) is 13.3. The van der Waals surface area contributed by atoms with Gasteiger partial charge in [0.15, 0.2) is 5.76 Å². The Balaban J connectivity index is 1.76. The van der Waals surface area contributed by atoms with Gasteiger partial charge >= 0.3 is 0 Å². The molecule has 1 atom stereocenters. The first kappa shape index (κ1) is 15.3. The zero-order chi connectivity index (χ0) is 16.6. The van der Waals surface area contributed by atoms with E-state index in [4.69, 9.17) is 4.42 Å². The summed E-state index contributed by atoms with van der Waals surface area (Å²) in [6.07, 6.45) is 1.87. The average Bonchev–Trinajstić information content (AvgIpc) is 3.03. The molecule has 5 nitrogen and oxygen atoms in total. The third kappa shape index (κ3) is 3.11. The van der Waals surface area contributed by atoms with Gasteiger partial charge in [-0.1, -0.05) is 0 Å². The van der Waals surface area contributed by atoms with Crippen molar-refractivity contribution in [3.63, 3.8) is 0 Å². The van der Waals surface area contributed by atoms with E-state index in [1.165, 1.54) is 18.2 Å². The van der Waals surface area contributed by atoms with Gasteiger partial charge in [-0.05, 0) is 45.0 Å². The Hall–Kier alpha value is -2.63. The number of benzene rings is 1. The largest absolute Gasteiger partial charge is 0.451 e. The minimum absolute atomic E-state index is 0.119. The molecule has 0 aliphatic rings. The van der Waals surface area contributed by atoms with E-state index >= 15 is 0 Å². The molecular weight excluding hydrogens is 297 g/mol. The molecule has 1 unspecified atom stereocenters. The molecule has 3 aromatic rings. The van der Waals surface area contributed by atoms with Crippen LogP contribution in [0.4, 0.5) is 4.39 Å². The van der Waals surface area contributed by atoms with Crippen LogP contribution in [0.3, 0.4) is 0 Å². The SMILES string of the molecule is Cc1ccn(CC(C)NC(=O)c2oc3ccc(F)cc3c2C)n1. The van der Waals surface area contributed by atoms with Crippen LogP contribution in [0, 0.1) is 19.7 Å². The smallest absolute Gasteiger partial charge is 0.287 e. The van der Waals surface area contributed by atoms with Gasteiger partial charge in [0.05, 0.1) is 12.2 Å². The Bertz CT molecular complexity index is 866. The summed E-state index contributed by atoms with van der Waals surface area (Å²) in [5, 5.41) is 7.79. The number of aryl methyl sites for hydroxylation is 2. The molecule has 0 fully saturated rings. The lowest BCUT2D eigenvalue weighted by Crippen LogP contribution is -2.35. The topological polar surface area (TPSA) is 60.1 Å². The van der Waals surface area contributed by atoms with E-state index in [9.17, 15) is 9.18 Å². The normalized spacial score (nSPS) is 12.5. The number of hydrogen-bond acceptors (Lipinski definition) is 3. The van der Waals surface area contributed by atoms with Gasteiger partial charge in [-0.25, -0.2) is 4.39 Å². The first-order valence-electron chi connectivity index (χ1n) is 7.43. The number of aromatic nitrogens is 2. The summed E-state index contributed by atoms with van der Waals surface area (Å²) in [5.41, 5.74) is 2.07. The fourth-order valence-corrected chi connectivity index (χ4v) is 2.59. The molecule has 2 aromatic heterocycles.